The number of anilines is 1. The molecule has 0 radical (unpaired) electrons. The summed E-state index contributed by atoms with van der Waals surface area (Å²) in [5, 5.41) is 3.66. The lowest BCUT2D eigenvalue weighted by molar-refractivity contribution is 0.202. The number of hydrogen-bond donors (Lipinski definition) is 2. The number of aliphatic imine (C=N–C) groups is 1. The first kappa shape index (κ1) is 13.4. The molecule has 2 aliphatic rings. The molecule has 0 atom stereocenters. The van der Waals surface area contributed by atoms with Gasteiger partial charge in [-0.25, -0.2) is 4.99 Å². The topological polar surface area (TPSA) is 59.6 Å². The van der Waals surface area contributed by atoms with Gasteiger partial charge in [0.15, 0.2) is 0 Å². The first-order valence-corrected chi connectivity index (χ1v) is 7.48. The maximum atomic E-state index is 6.27. The quantitative estimate of drug-likeness (QED) is 0.890. The maximum Gasteiger partial charge on any atom is 0.126 e. The molecule has 1 saturated carbocycles. The van der Waals surface area contributed by atoms with Gasteiger partial charge in [0.25, 0.3) is 0 Å². The van der Waals surface area contributed by atoms with E-state index in [4.69, 9.17) is 10.5 Å². The van der Waals surface area contributed by atoms with Crippen molar-refractivity contribution < 1.29 is 4.74 Å². The summed E-state index contributed by atoms with van der Waals surface area (Å²) in [4.78, 5) is 4.68. The fourth-order valence-electron chi connectivity index (χ4n) is 3.25. The number of nitrogens with zero attached hydrogens (tertiary/aromatic N) is 1. The second kappa shape index (κ2) is 5.44. The second-order valence-corrected chi connectivity index (χ2v) is 5.86. The number of nitrogens with two attached hydrogens (primary N) is 1. The van der Waals surface area contributed by atoms with Crippen LogP contribution in [-0.4, -0.2) is 25.1 Å². The summed E-state index contributed by atoms with van der Waals surface area (Å²) in [6, 6.07) is 6.40. The van der Waals surface area contributed by atoms with E-state index >= 15 is 0 Å². The van der Waals surface area contributed by atoms with Gasteiger partial charge < -0.3 is 15.8 Å². The fourth-order valence-corrected chi connectivity index (χ4v) is 3.25. The number of amidine groups is 1. The molecule has 1 aromatic carbocycles. The van der Waals surface area contributed by atoms with Crippen LogP contribution < -0.4 is 11.1 Å². The van der Waals surface area contributed by atoms with Crippen molar-refractivity contribution in [2.24, 2.45) is 10.7 Å². The number of hydrogen-bond acceptors (Lipinski definition) is 4. The van der Waals surface area contributed by atoms with Gasteiger partial charge in [-0.1, -0.05) is 25.3 Å². The molecule has 4 heteroatoms. The lowest BCUT2D eigenvalue weighted by Gasteiger charge is -2.41. The number of rotatable bonds is 3. The van der Waals surface area contributed by atoms with Gasteiger partial charge in [0, 0.05) is 7.11 Å². The van der Waals surface area contributed by atoms with Crippen molar-refractivity contribution in [1.29, 1.82) is 0 Å². The molecule has 1 spiro atoms. The Morgan fingerprint density at radius 3 is 2.85 bits per heavy atom. The fraction of sp³-hybridized carbons (Fsp3) is 0.562. The minimum atomic E-state index is -0.0979. The minimum absolute atomic E-state index is 0.0979. The van der Waals surface area contributed by atoms with Crippen molar-refractivity contribution >= 4 is 17.2 Å². The molecule has 0 saturated heterocycles. The Kier molecular flexibility index (Phi) is 3.66. The highest BCUT2D eigenvalue weighted by atomic mass is 16.5. The van der Waals surface area contributed by atoms with Crippen molar-refractivity contribution in [2.75, 3.05) is 19.0 Å². The standard InChI is InChI=1S/C16H23N3O/c1-20-10-7-12-5-6-13-14(11-12)18-15(17)16(19-13)8-3-2-4-9-16/h5-6,11,19H,2-4,7-10H2,1H3,(H2,17,18). The third-order valence-electron chi connectivity index (χ3n) is 4.47. The largest absolute Gasteiger partial charge is 0.385 e. The summed E-state index contributed by atoms with van der Waals surface area (Å²) in [5.41, 5.74) is 9.49. The molecule has 1 aliphatic carbocycles. The normalized spacial score (nSPS) is 20.1. The molecule has 0 bridgehead atoms. The molecule has 4 nitrogen and oxygen atoms in total. The van der Waals surface area contributed by atoms with E-state index in [2.05, 4.69) is 28.5 Å². The number of benzene rings is 1. The Balaban J connectivity index is 1.87. The smallest absolute Gasteiger partial charge is 0.126 e. The molecule has 0 aromatic heterocycles. The summed E-state index contributed by atoms with van der Waals surface area (Å²) < 4.78 is 5.12. The predicted octanol–water partition coefficient (Wildman–Crippen LogP) is 2.99. The molecule has 1 fully saturated rings. The number of nitrogens with one attached hydrogen (secondary N) is 1. The number of fused-ring (bicyclic) bond motifs is 1. The van der Waals surface area contributed by atoms with Crippen LogP contribution in [0.1, 0.15) is 37.7 Å². The maximum absolute atomic E-state index is 6.27. The summed E-state index contributed by atoms with van der Waals surface area (Å²) in [7, 11) is 1.73. The molecule has 1 aromatic rings. The van der Waals surface area contributed by atoms with Crippen molar-refractivity contribution in [3.8, 4) is 0 Å². The van der Waals surface area contributed by atoms with Crippen LogP contribution in [0.15, 0.2) is 23.2 Å². The van der Waals surface area contributed by atoms with Crippen LogP contribution in [0.5, 0.6) is 0 Å². The van der Waals surface area contributed by atoms with E-state index in [-0.39, 0.29) is 5.54 Å². The van der Waals surface area contributed by atoms with E-state index in [1.807, 2.05) is 0 Å². The molecule has 1 aliphatic heterocycles. The van der Waals surface area contributed by atoms with E-state index < -0.39 is 0 Å². The Bertz CT molecular complexity index is 518. The van der Waals surface area contributed by atoms with Gasteiger partial charge in [0.1, 0.15) is 5.84 Å². The summed E-state index contributed by atoms with van der Waals surface area (Å²) in [5.74, 6) is 0.758. The van der Waals surface area contributed by atoms with Crippen LogP contribution in [0.4, 0.5) is 11.4 Å². The Hall–Kier alpha value is -1.55. The molecule has 0 unspecified atom stereocenters. The first-order chi connectivity index (χ1) is 9.73. The van der Waals surface area contributed by atoms with Crippen LogP contribution in [0.2, 0.25) is 0 Å². The van der Waals surface area contributed by atoms with E-state index in [9.17, 15) is 0 Å². The average Bonchev–Trinajstić information content (AvgIpc) is 2.47. The van der Waals surface area contributed by atoms with Crippen molar-refractivity contribution in [3.05, 3.63) is 23.8 Å². The average molecular weight is 273 g/mol. The predicted molar refractivity (Wildman–Crippen MR) is 82.7 cm³/mol. The first-order valence-electron chi connectivity index (χ1n) is 7.48. The zero-order chi connectivity index (χ0) is 14.0. The second-order valence-electron chi connectivity index (χ2n) is 5.86. The molecule has 20 heavy (non-hydrogen) atoms. The van der Waals surface area contributed by atoms with Crippen LogP contribution in [0, 0.1) is 0 Å². The lowest BCUT2D eigenvalue weighted by atomic mass is 9.79. The molecule has 0 amide bonds. The van der Waals surface area contributed by atoms with Gasteiger partial charge in [-0.15, -0.1) is 0 Å². The van der Waals surface area contributed by atoms with Crippen molar-refractivity contribution in [3.63, 3.8) is 0 Å². The molecule has 108 valence electrons. The highest BCUT2D eigenvalue weighted by molar-refractivity contribution is 5.99. The monoisotopic (exact) mass is 273 g/mol. The highest BCUT2D eigenvalue weighted by Gasteiger charge is 2.38. The van der Waals surface area contributed by atoms with Gasteiger partial charge >= 0.3 is 0 Å². The van der Waals surface area contributed by atoms with Gasteiger partial charge in [0.2, 0.25) is 0 Å². The van der Waals surface area contributed by atoms with Crippen LogP contribution in [-0.2, 0) is 11.2 Å². The Morgan fingerprint density at radius 2 is 2.10 bits per heavy atom. The third-order valence-corrected chi connectivity index (χ3v) is 4.47. The molecular formula is C16H23N3O. The minimum Gasteiger partial charge on any atom is -0.385 e. The zero-order valence-electron chi connectivity index (χ0n) is 12.1. The summed E-state index contributed by atoms with van der Waals surface area (Å²) in [6.07, 6.45) is 6.85. The van der Waals surface area contributed by atoms with E-state index in [1.165, 1.54) is 24.8 Å². The van der Waals surface area contributed by atoms with E-state index in [1.54, 1.807) is 7.11 Å². The number of ether oxygens (including phenoxy) is 1. The van der Waals surface area contributed by atoms with Crippen LogP contribution in [0.25, 0.3) is 0 Å². The van der Waals surface area contributed by atoms with Crippen LogP contribution >= 0.6 is 0 Å². The molecule has 3 rings (SSSR count). The number of methoxy groups -OCH3 is 1. The lowest BCUT2D eigenvalue weighted by Crippen LogP contribution is -2.53. The van der Waals surface area contributed by atoms with Gasteiger partial charge in [-0.3, -0.25) is 0 Å². The van der Waals surface area contributed by atoms with Crippen molar-refractivity contribution in [2.45, 2.75) is 44.1 Å². The third kappa shape index (κ3) is 2.40. The van der Waals surface area contributed by atoms with E-state index in [0.717, 1.165) is 43.1 Å². The van der Waals surface area contributed by atoms with Crippen molar-refractivity contribution in [1.82, 2.24) is 0 Å². The molecule has 1 heterocycles. The van der Waals surface area contributed by atoms with Gasteiger partial charge in [-0.05, 0) is 37.0 Å². The van der Waals surface area contributed by atoms with Gasteiger partial charge in [-0.2, -0.15) is 0 Å². The SMILES string of the molecule is COCCc1ccc2c(c1)N=C(N)C1(CCCCC1)N2. The van der Waals surface area contributed by atoms with Gasteiger partial charge in [0.05, 0.1) is 23.5 Å². The summed E-state index contributed by atoms with van der Waals surface area (Å²) in [6.45, 7) is 0.731. The molecular weight excluding hydrogens is 250 g/mol. The molecule has 3 N–H and O–H groups in total. The van der Waals surface area contributed by atoms with Crippen LogP contribution in [0.3, 0.4) is 0 Å². The Labute approximate surface area is 120 Å². The van der Waals surface area contributed by atoms with E-state index in [0.29, 0.717) is 0 Å². The Morgan fingerprint density at radius 1 is 1.30 bits per heavy atom. The zero-order valence-corrected chi connectivity index (χ0v) is 12.1. The highest BCUT2D eigenvalue weighted by Crippen LogP contribution is 2.40. The summed E-state index contributed by atoms with van der Waals surface area (Å²) >= 11 is 0.